The van der Waals surface area contributed by atoms with Crippen LogP contribution in [0.25, 0.3) is 0 Å². The van der Waals surface area contributed by atoms with Crippen molar-refractivity contribution in [3.05, 3.63) is 0 Å². The van der Waals surface area contributed by atoms with E-state index < -0.39 is 5.97 Å². The van der Waals surface area contributed by atoms with E-state index in [-0.39, 0.29) is 24.8 Å². The standard InChI is InChI=1S/C20H36N4O4/c1-21-9-6-16(7-10-21)4-3-5-17-19(28-20(27)22(17)2)24-14-12-23(13-15-24)11-8-18(25)26/h16-17,19H,3-15H2,1-2H3,(H,25,26). The van der Waals surface area contributed by atoms with Gasteiger partial charge in [-0.3, -0.25) is 9.69 Å². The van der Waals surface area contributed by atoms with Gasteiger partial charge in [-0.25, -0.2) is 4.79 Å². The van der Waals surface area contributed by atoms with Crippen LogP contribution in [0.1, 0.15) is 38.5 Å². The molecular weight excluding hydrogens is 360 g/mol. The average Bonchev–Trinajstić information content (AvgIpc) is 2.97. The van der Waals surface area contributed by atoms with Gasteiger partial charge in [0.1, 0.15) is 0 Å². The van der Waals surface area contributed by atoms with Gasteiger partial charge in [0.05, 0.1) is 12.5 Å². The Hall–Kier alpha value is -1.38. The number of cyclic esters (lactones) is 1. The number of ether oxygens (including phenoxy) is 1. The predicted octanol–water partition coefficient (Wildman–Crippen LogP) is 1.37. The molecular formula is C20H36N4O4. The molecule has 2 unspecified atom stereocenters. The number of carbonyl (C=O) groups excluding carboxylic acids is 1. The molecule has 3 aliphatic rings. The smallest absolute Gasteiger partial charge is 0.411 e. The van der Waals surface area contributed by atoms with Gasteiger partial charge in [0.2, 0.25) is 0 Å². The van der Waals surface area contributed by atoms with Gasteiger partial charge < -0.3 is 24.5 Å². The Kier molecular flexibility index (Phi) is 7.54. The molecule has 2 atom stereocenters. The van der Waals surface area contributed by atoms with Crippen LogP contribution in [0.3, 0.4) is 0 Å². The summed E-state index contributed by atoms with van der Waals surface area (Å²) in [4.78, 5) is 31.6. The number of hydrogen-bond donors (Lipinski definition) is 1. The zero-order valence-electron chi connectivity index (χ0n) is 17.4. The van der Waals surface area contributed by atoms with Crippen LogP contribution >= 0.6 is 0 Å². The maximum absolute atomic E-state index is 12.2. The highest BCUT2D eigenvalue weighted by molar-refractivity contribution is 5.70. The zero-order valence-corrected chi connectivity index (χ0v) is 17.4. The number of carboxylic acids is 1. The summed E-state index contributed by atoms with van der Waals surface area (Å²) in [6.07, 6.45) is 5.72. The Morgan fingerprint density at radius 2 is 1.75 bits per heavy atom. The highest BCUT2D eigenvalue weighted by atomic mass is 16.6. The lowest BCUT2D eigenvalue weighted by Crippen LogP contribution is -2.54. The van der Waals surface area contributed by atoms with Gasteiger partial charge in [0.25, 0.3) is 0 Å². The minimum atomic E-state index is -0.751. The Labute approximate surface area is 168 Å². The van der Waals surface area contributed by atoms with Crippen LogP contribution in [0.15, 0.2) is 0 Å². The molecule has 3 aliphatic heterocycles. The summed E-state index contributed by atoms with van der Waals surface area (Å²) < 4.78 is 5.71. The Morgan fingerprint density at radius 1 is 1.07 bits per heavy atom. The first-order valence-corrected chi connectivity index (χ1v) is 10.7. The van der Waals surface area contributed by atoms with Gasteiger partial charge in [0.15, 0.2) is 6.23 Å². The van der Waals surface area contributed by atoms with Gasteiger partial charge in [-0.2, -0.15) is 0 Å². The van der Waals surface area contributed by atoms with Crippen molar-refractivity contribution in [1.29, 1.82) is 0 Å². The molecule has 0 spiro atoms. The second-order valence-corrected chi connectivity index (χ2v) is 8.65. The fraction of sp³-hybridized carbons (Fsp3) is 0.900. The van der Waals surface area contributed by atoms with E-state index in [1.165, 1.54) is 32.4 Å². The third-order valence-electron chi connectivity index (χ3n) is 6.70. The molecule has 0 aromatic heterocycles. The molecule has 3 fully saturated rings. The molecule has 28 heavy (non-hydrogen) atoms. The number of piperidine rings is 1. The molecule has 8 nitrogen and oxygen atoms in total. The van der Waals surface area contributed by atoms with Crippen molar-refractivity contribution < 1.29 is 19.4 Å². The Morgan fingerprint density at radius 3 is 2.39 bits per heavy atom. The molecule has 3 saturated heterocycles. The monoisotopic (exact) mass is 396 g/mol. The summed E-state index contributed by atoms with van der Waals surface area (Å²) in [5.74, 6) is 0.0641. The van der Waals surface area contributed by atoms with Crippen molar-refractivity contribution in [3.8, 4) is 0 Å². The molecule has 0 saturated carbocycles. The highest BCUT2D eigenvalue weighted by Crippen LogP contribution is 2.28. The number of piperazine rings is 1. The van der Waals surface area contributed by atoms with Crippen LogP contribution in [0.4, 0.5) is 4.79 Å². The quantitative estimate of drug-likeness (QED) is 0.664. The van der Waals surface area contributed by atoms with Crippen LogP contribution in [0.2, 0.25) is 0 Å². The summed E-state index contributed by atoms with van der Waals surface area (Å²) in [7, 11) is 4.05. The molecule has 0 aromatic carbocycles. The fourth-order valence-corrected chi connectivity index (χ4v) is 4.71. The molecule has 3 heterocycles. The number of hydrogen-bond acceptors (Lipinski definition) is 6. The summed E-state index contributed by atoms with van der Waals surface area (Å²) in [6, 6.07) is 0.115. The summed E-state index contributed by atoms with van der Waals surface area (Å²) in [5, 5.41) is 8.85. The normalized spacial score (nSPS) is 28.6. The van der Waals surface area contributed by atoms with Gasteiger partial charge >= 0.3 is 12.1 Å². The van der Waals surface area contributed by atoms with Gasteiger partial charge in [-0.15, -0.1) is 0 Å². The van der Waals surface area contributed by atoms with Crippen LogP contribution < -0.4 is 0 Å². The fourth-order valence-electron chi connectivity index (χ4n) is 4.71. The van der Waals surface area contributed by atoms with Crippen LogP contribution in [0.5, 0.6) is 0 Å². The molecule has 3 rings (SSSR count). The van der Waals surface area contributed by atoms with E-state index in [0.29, 0.717) is 6.54 Å². The lowest BCUT2D eigenvalue weighted by atomic mass is 9.90. The summed E-state index contributed by atoms with van der Waals surface area (Å²) in [6.45, 7) is 6.27. The Bertz CT molecular complexity index is 530. The Balaban J connectivity index is 1.45. The maximum Gasteiger partial charge on any atom is 0.411 e. The van der Waals surface area contributed by atoms with Crippen molar-refractivity contribution in [1.82, 2.24) is 19.6 Å². The summed E-state index contributed by atoms with van der Waals surface area (Å²) in [5.41, 5.74) is 0. The number of carbonyl (C=O) groups is 2. The van der Waals surface area contributed by atoms with Crippen molar-refractivity contribution >= 4 is 12.1 Å². The highest BCUT2D eigenvalue weighted by Gasteiger charge is 2.43. The van der Waals surface area contributed by atoms with Gasteiger partial charge in [-0.1, -0.05) is 12.8 Å². The number of likely N-dealkylation sites (N-methyl/N-ethyl adjacent to an activating group) is 1. The number of amides is 1. The second kappa shape index (κ2) is 9.89. The van der Waals surface area contributed by atoms with E-state index in [4.69, 9.17) is 9.84 Å². The number of nitrogens with zero attached hydrogens (tertiary/aromatic N) is 4. The molecule has 0 radical (unpaired) electrons. The van der Waals surface area contributed by atoms with Gasteiger partial charge in [0, 0.05) is 39.8 Å². The van der Waals surface area contributed by atoms with Crippen molar-refractivity contribution in [3.63, 3.8) is 0 Å². The minimum Gasteiger partial charge on any atom is -0.481 e. The molecule has 0 aliphatic carbocycles. The van der Waals surface area contributed by atoms with E-state index in [9.17, 15) is 9.59 Å². The second-order valence-electron chi connectivity index (χ2n) is 8.65. The van der Waals surface area contributed by atoms with E-state index in [0.717, 1.165) is 44.9 Å². The largest absolute Gasteiger partial charge is 0.481 e. The molecule has 0 bridgehead atoms. The van der Waals surface area contributed by atoms with Crippen molar-refractivity contribution in [2.45, 2.75) is 50.8 Å². The lowest BCUT2D eigenvalue weighted by molar-refractivity contribution is -0.137. The number of aliphatic carboxylic acids is 1. The maximum atomic E-state index is 12.2. The third kappa shape index (κ3) is 5.58. The third-order valence-corrected chi connectivity index (χ3v) is 6.70. The van der Waals surface area contributed by atoms with E-state index in [1.54, 1.807) is 4.90 Å². The first-order valence-electron chi connectivity index (χ1n) is 10.7. The number of likely N-dealkylation sites (tertiary alicyclic amines) is 1. The van der Waals surface area contributed by atoms with Crippen molar-refractivity contribution in [2.24, 2.45) is 5.92 Å². The predicted molar refractivity (Wildman–Crippen MR) is 106 cm³/mol. The van der Waals surface area contributed by atoms with Gasteiger partial charge in [-0.05, 0) is 45.3 Å². The molecule has 8 heteroatoms. The lowest BCUT2D eigenvalue weighted by Gasteiger charge is -2.38. The zero-order chi connectivity index (χ0) is 20.1. The van der Waals surface area contributed by atoms with Crippen molar-refractivity contribution in [2.75, 3.05) is 59.9 Å². The first-order chi connectivity index (χ1) is 13.4. The first kappa shape index (κ1) is 21.3. The van der Waals surface area contributed by atoms with Crippen LogP contribution in [0, 0.1) is 5.92 Å². The van der Waals surface area contributed by atoms with E-state index >= 15 is 0 Å². The van der Waals surface area contributed by atoms with Crippen LogP contribution in [-0.2, 0) is 9.53 Å². The molecule has 160 valence electrons. The molecule has 1 amide bonds. The average molecular weight is 397 g/mol. The summed E-state index contributed by atoms with van der Waals surface area (Å²) >= 11 is 0. The molecule has 1 N–H and O–H groups in total. The topological polar surface area (TPSA) is 76.6 Å². The van der Waals surface area contributed by atoms with E-state index in [2.05, 4.69) is 21.7 Å². The number of carboxylic acid groups (broad SMARTS) is 1. The molecule has 0 aromatic rings. The van der Waals surface area contributed by atoms with E-state index in [1.807, 2.05) is 7.05 Å². The SMILES string of the molecule is CN1CCC(CCCC2C(N3CCN(CCC(=O)O)CC3)OC(=O)N2C)CC1. The van der Waals surface area contributed by atoms with Crippen LogP contribution in [-0.4, -0.2) is 109 Å². The number of rotatable bonds is 8. The minimum absolute atomic E-state index is 0.115.